The van der Waals surface area contributed by atoms with Gasteiger partial charge in [0.05, 0.1) is 0 Å². The number of fused-ring (bicyclic) bond motifs is 1. The summed E-state index contributed by atoms with van der Waals surface area (Å²) >= 11 is 0. The van der Waals surface area contributed by atoms with Gasteiger partial charge in [0.2, 0.25) is 11.8 Å². The van der Waals surface area contributed by atoms with Gasteiger partial charge in [0.15, 0.2) is 0 Å². The molecule has 1 heterocycles. The zero-order valence-corrected chi connectivity index (χ0v) is 17.1. The van der Waals surface area contributed by atoms with Crippen molar-refractivity contribution in [3.63, 3.8) is 0 Å². The monoisotopic (exact) mass is 391 g/mol. The highest BCUT2D eigenvalue weighted by molar-refractivity contribution is 5.90. The molecule has 0 radical (unpaired) electrons. The van der Waals surface area contributed by atoms with E-state index in [-0.39, 0.29) is 17.7 Å². The lowest BCUT2D eigenvalue weighted by Gasteiger charge is -2.21. The molecule has 1 aromatic heterocycles. The fourth-order valence-corrected chi connectivity index (χ4v) is 3.59. The van der Waals surface area contributed by atoms with E-state index in [2.05, 4.69) is 15.6 Å². The second-order valence-corrected chi connectivity index (χ2v) is 7.34. The van der Waals surface area contributed by atoms with Gasteiger partial charge in [-0.2, -0.15) is 0 Å². The van der Waals surface area contributed by atoms with Crippen LogP contribution in [-0.4, -0.2) is 22.8 Å². The van der Waals surface area contributed by atoms with Gasteiger partial charge < -0.3 is 15.6 Å². The van der Waals surface area contributed by atoms with Crippen molar-refractivity contribution in [1.29, 1.82) is 0 Å². The van der Waals surface area contributed by atoms with Crippen molar-refractivity contribution < 1.29 is 9.59 Å². The number of rotatable bonds is 9. The molecule has 3 rings (SSSR count). The van der Waals surface area contributed by atoms with Crippen LogP contribution in [0.4, 0.5) is 0 Å². The molecule has 0 aliphatic rings. The number of aromatic nitrogens is 1. The summed E-state index contributed by atoms with van der Waals surface area (Å²) in [5.74, 6) is -0.310. The number of H-pyrrole nitrogens is 1. The fraction of sp³-hybridized carbons (Fsp3) is 0.333. The first-order valence-corrected chi connectivity index (χ1v) is 10.3. The van der Waals surface area contributed by atoms with Crippen molar-refractivity contribution in [1.82, 2.24) is 15.6 Å². The van der Waals surface area contributed by atoms with E-state index in [1.807, 2.05) is 74.6 Å². The Labute approximate surface area is 171 Å². The molecule has 2 amide bonds. The topological polar surface area (TPSA) is 74.0 Å². The van der Waals surface area contributed by atoms with Crippen molar-refractivity contribution in [3.8, 4) is 0 Å². The number of benzene rings is 2. The third-order valence-corrected chi connectivity index (χ3v) is 5.40. The van der Waals surface area contributed by atoms with Crippen molar-refractivity contribution in [2.24, 2.45) is 5.92 Å². The number of hydrogen-bond acceptors (Lipinski definition) is 2. The highest BCUT2D eigenvalue weighted by Gasteiger charge is 2.25. The number of carbonyl (C=O) groups excluding carboxylic acids is 2. The molecule has 0 fully saturated rings. The summed E-state index contributed by atoms with van der Waals surface area (Å²) in [6.45, 7) is 4.43. The quantitative estimate of drug-likeness (QED) is 0.517. The maximum Gasteiger partial charge on any atom is 0.243 e. The van der Waals surface area contributed by atoms with Gasteiger partial charge in [0.1, 0.15) is 6.04 Å². The van der Waals surface area contributed by atoms with E-state index in [1.165, 1.54) is 0 Å². The normalized spacial score (nSPS) is 12.1. The van der Waals surface area contributed by atoms with Crippen molar-refractivity contribution in [2.45, 2.75) is 45.7 Å². The van der Waals surface area contributed by atoms with Gasteiger partial charge in [-0.3, -0.25) is 9.59 Å². The highest BCUT2D eigenvalue weighted by atomic mass is 16.2. The van der Waals surface area contributed by atoms with E-state index in [9.17, 15) is 9.59 Å². The van der Waals surface area contributed by atoms with Gasteiger partial charge >= 0.3 is 0 Å². The van der Waals surface area contributed by atoms with Crippen LogP contribution in [0.1, 0.15) is 37.8 Å². The highest BCUT2D eigenvalue weighted by Crippen LogP contribution is 2.19. The Hall–Kier alpha value is -3.08. The largest absolute Gasteiger partial charge is 0.361 e. The van der Waals surface area contributed by atoms with Crippen LogP contribution in [0.15, 0.2) is 60.8 Å². The van der Waals surface area contributed by atoms with Crippen molar-refractivity contribution in [2.75, 3.05) is 0 Å². The molecule has 0 unspecified atom stereocenters. The van der Waals surface area contributed by atoms with Crippen LogP contribution in [-0.2, 0) is 22.6 Å². The number of hydrogen-bond donors (Lipinski definition) is 3. The maximum atomic E-state index is 13.0. The molecule has 0 bridgehead atoms. The standard InChI is InChI=1S/C24H29N3O2/c1-3-18(4-2)23(28)27-22(24(29)26-15-17-10-6-5-7-11-17)14-19-16-25-21-13-9-8-12-20(19)21/h5-13,16,18,22,25H,3-4,14-15H2,1-2H3,(H,26,29)(H,27,28)/t22-/m0/s1. The molecule has 152 valence electrons. The first-order valence-electron chi connectivity index (χ1n) is 10.3. The molecule has 0 saturated heterocycles. The second-order valence-electron chi connectivity index (χ2n) is 7.34. The van der Waals surface area contributed by atoms with Gasteiger partial charge in [0.25, 0.3) is 0 Å². The van der Waals surface area contributed by atoms with Crippen LogP contribution in [0.2, 0.25) is 0 Å². The van der Waals surface area contributed by atoms with Gasteiger partial charge in [0, 0.05) is 36.0 Å². The smallest absolute Gasteiger partial charge is 0.243 e. The molecule has 5 heteroatoms. The Balaban J connectivity index is 1.76. The molecule has 1 atom stereocenters. The van der Waals surface area contributed by atoms with E-state index >= 15 is 0 Å². The van der Waals surface area contributed by atoms with E-state index in [0.717, 1.165) is 34.9 Å². The minimum atomic E-state index is -0.619. The summed E-state index contributed by atoms with van der Waals surface area (Å²) in [6, 6.07) is 17.1. The molecular weight excluding hydrogens is 362 g/mol. The summed E-state index contributed by atoms with van der Waals surface area (Å²) in [4.78, 5) is 28.9. The molecule has 5 nitrogen and oxygen atoms in total. The second kappa shape index (κ2) is 9.92. The molecule has 0 saturated carbocycles. The minimum absolute atomic E-state index is 0.0605. The average Bonchev–Trinajstić information content (AvgIpc) is 3.16. The van der Waals surface area contributed by atoms with Gasteiger partial charge in [-0.1, -0.05) is 62.4 Å². The van der Waals surface area contributed by atoms with Gasteiger partial charge in [-0.05, 0) is 30.0 Å². The molecular formula is C24H29N3O2. The van der Waals surface area contributed by atoms with Crippen molar-refractivity contribution >= 4 is 22.7 Å². The van der Waals surface area contributed by atoms with Crippen LogP contribution in [0, 0.1) is 5.92 Å². The average molecular weight is 392 g/mol. The molecule has 0 aliphatic carbocycles. The van der Waals surface area contributed by atoms with E-state index in [1.54, 1.807) is 0 Å². The lowest BCUT2D eigenvalue weighted by Crippen LogP contribution is -2.49. The summed E-state index contributed by atoms with van der Waals surface area (Å²) in [5, 5.41) is 7.04. The minimum Gasteiger partial charge on any atom is -0.361 e. The third-order valence-electron chi connectivity index (χ3n) is 5.40. The van der Waals surface area contributed by atoms with Gasteiger partial charge in [-0.25, -0.2) is 0 Å². The van der Waals surface area contributed by atoms with E-state index < -0.39 is 6.04 Å². The summed E-state index contributed by atoms with van der Waals surface area (Å²) in [5.41, 5.74) is 3.07. The Morgan fingerprint density at radius 3 is 2.34 bits per heavy atom. The van der Waals surface area contributed by atoms with Crippen molar-refractivity contribution in [3.05, 3.63) is 71.9 Å². The summed E-state index contributed by atoms with van der Waals surface area (Å²) < 4.78 is 0. The van der Waals surface area contributed by atoms with E-state index in [4.69, 9.17) is 0 Å². The Kier molecular flexibility index (Phi) is 7.06. The lowest BCUT2D eigenvalue weighted by atomic mass is 10.00. The molecule has 2 aromatic carbocycles. The summed E-state index contributed by atoms with van der Waals surface area (Å²) in [7, 11) is 0. The number of aromatic amines is 1. The number of para-hydroxylation sites is 1. The molecule has 29 heavy (non-hydrogen) atoms. The Bertz CT molecular complexity index is 945. The van der Waals surface area contributed by atoms with Crippen LogP contribution in [0.3, 0.4) is 0 Å². The predicted octanol–water partition coefficient (Wildman–Crippen LogP) is 3.95. The first-order chi connectivity index (χ1) is 14.1. The lowest BCUT2D eigenvalue weighted by molar-refractivity contribution is -0.131. The molecule has 3 N–H and O–H groups in total. The predicted molar refractivity (Wildman–Crippen MR) is 116 cm³/mol. The number of carbonyl (C=O) groups is 2. The van der Waals surface area contributed by atoms with Crippen LogP contribution in [0.5, 0.6) is 0 Å². The molecule has 3 aromatic rings. The Morgan fingerprint density at radius 2 is 1.62 bits per heavy atom. The summed E-state index contributed by atoms with van der Waals surface area (Å²) in [6.07, 6.45) is 3.88. The molecule has 0 spiro atoms. The van der Waals surface area contributed by atoms with Crippen LogP contribution >= 0.6 is 0 Å². The van der Waals surface area contributed by atoms with Crippen LogP contribution in [0.25, 0.3) is 10.9 Å². The molecule has 0 aliphatic heterocycles. The third kappa shape index (κ3) is 5.25. The van der Waals surface area contributed by atoms with Gasteiger partial charge in [-0.15, -0.1) is 0 Å². The zero-order valence-electron chi connectivity index (χ0n) is 17.1. The maximum absolute atomic E-state index is 13.0. The van der Waals surface area contributed by atoms with Crippen LogP contribution < -0.4 is 10.6 Å². The van der Waals surface area contributed by atoms with E-state index in [0.29, 0.717) is 13.0 Å². The fourth-order valence-electron chi connectivity index (χ4n) is 3.59. The zero-order chi connectivity index (χ0) is 20.6. The SMILES string of the molecule is CCC(CC)C(=O)N[C@@H](Cc1c[nH]c2ccccc12)C(=O)NCc1ccccc1. The number of amides is 2. The number of nitrogens with one attached hydrogen (secondary N) is 3. The first kappa shape index (κ1) is 20.6. The Morgan fingerprint density at radius 1 is 0.931 bits per heavy atom.